The Morgan fingerprint density at radius 1 is 1.17 bits per heavy atom. The summed E-state index contributed by atoms with van der Waals surface area (Å²) in [6, 6.07) is 5.15. The Kier molecular flexibility index (Phi) is 4.41. The molecule has 2 heterocycles. The van der Waals surface area contributed by atoms with E-state index in [-0.39, 0.29) is 10.7 Å². The highest BCUT2D eigenvalue weighted by molar-refractivity contribution is 5.98. The van der Waals surface area contributed by atoms with E-state index in [1.807, 2.05) is 0 Å². The Morgan fingerprint density at radius 3 is 2.33 bits per heavy atom. The zero-order chi connectivity index (χ0) is 18.1. The van der Waals surface area contributed by atoms with Crippen molar-refractivity contribution in [2.45, 2.75) is 12.1 Å². The monoisotopic (exact) mass is 348 g/mol. The molecule has 10 heteroatoms. The number of carbonyl (C=O) groups is 1. The van der Waals surface area contributed by atoms with Crippen LogP contribution in [0.1, 0.15) is 0 Å². The molecule has 5 nitrogen and oxygen atoms in total. The van der Waals surface area contributed by atoms with Gasteiger partial charge in [-0.25, -0.2) is 4.79 Å². The second-order valence-electron chi connectivity index (χ2n) is 4.65. The van der Waals surface area contributed by atoms with Crippen molar-refractivity contribution in [3.8, 4) is 11.3 Å². The zero-order valence-corrected chi connectivity index (χ0v) is 12.0. The van der Waals surface area contributed by atoms with Gasteiger partial charge in [0.2, 0.25) is 0 Å². The molecule has 1 amide bonds. The first-order chi connectivity index (χ1) is 11.1. The van der Waals surface area contributed by atoms with Crippen LogP contribution in [0.15, 0.2) is 45.9 Å². The average molecular weight is 348 g/mol. The van der Waals surface area contributed by atoms with Crippen LogP contribution in [-0.2, 0) is 4.79 Å². The maximum absolute atomic E-state index is 13.1. The van der Waals surface area contributed by atoms with Crippen LogP contribution < -0.4 is 10.5 Å². The fraction of sp³-hybridized carbons (Fsp3) is 0.214. The lowest BCUT2D eigenvalue weighted by Crippen LogP contribution is -2.51. The molecule has 0 saturated carbocycles. The first-order valence-electron chi connectivity index (χ1n) is 6.33. The van der Waals surface area contributed by atoms with Crippen LogP contribution in [0.5, 0.6) is 0 Å². The zero-order valence-electron chi connectivity index (χ0n) is 12.0. The SMILES string of the molecule is CN(C(=O)C(F)(F)C(F)(F)F)c1ccc(-c2cccnc2)oc1=O. The summed E-state index contributed by atoms with van der Waals surface area (Å²) in [5.41, 5.74) is -1.61. The van der Waals surface area contributed by atoms with Crippen LogP contribution in [0.3, 0.4) is 0 Å². The van der Waals surface area contributed by atoms with Crippen LogP contribution in [0.2, 0.25) is 0 Å². The minimum absolute atomic E-state index is 0.0141. The third-order valence-electron chi connectivity index (χ3n) is 3.04. The molecular weight excluding hydrogens is 339 g/mol. The Balaban J connectivity index is 2.37. The quantitative estimate of drug-likeness (QED) is 0.800. The van der Waals surface area contributed by atoms with Gasteiger partial charge in [0.1, 0.15) is 11.4 Å². The van der Waals surface area contributed by atoms with Crippen molar-refractivity contribution in [2.24, 2.45) is 0 Å². The molecule has 128 valence electrons. The molecule has 0 radical (unpaired) electrons. The number of anilines is 1. The predicted octanol–water partition coefficient (Wildman–Crippen LogP) is 2.86. The summed E-state index contributed by atoms with van der Waals surface area (Å²) < 4.78 is 67.7. The van der Waals surface area contributed by atoms with E-state index in [0.29, 0.717) is 12.6 Å². The van der Waals surface area contributed by atoms with Crippen molar-refractivity contribution in [2.75, 3.05) is 11.9 Å². The molecule has 0 bridgehead atoms. The van der Waals surface area contributed by atoms with Crippen molar-refractivity contribution < 1.29 is 31.2 Å². The number of hydrogen-bond donors (Lipinski definition) is 0. The lowest BCUT2D eigenvalue weighted by atomic mass is 10.2. The van der Waals surface area contributed by atoms with Gasteiger partial charge in [0, 0.05) is 25.0 Å². The standard InChI is InChI=1S/C14H9F5N2O3/c1-21(12(23)13(15,16)14(17,18)19)9-4-5-10(24-11(9)22)8-3-2-6-20-7-8/h2-7H,1H3. The van der Waals surface area contributed by atoms with Crippen LogP contribution >= 0.6 is 0 Å². The Hall–Kier alpha value is -2.78. The summed E-state index contributed by atoms with van der Waals surface area (Å²) in [6.45, 7) is 0. The molecule has 2 aromatic heterocycles. The van der Waals surface area contributed by atoms with Gasteiger partial charge in [-0.3, -0.25) is 9.78 Å². The summed E-state index contributed by atoms with van der Waals surface area (Å²) in [4.78, 5) is 26.9. The van der Waals surface area contributed by atoms with E-state index < -0.39 is 29.3 Å². The van der Waals surface area contributed by atoms with E-state index in [1.165, 1.54) is 18.5 Å². The van der Waals surface area contributed by atoms with Crippen molar-refractivity contribution in [3.63, 3.8) is 0 Å². The lowest BCUT2D eigenvalue weighted by molar-refractivity contribution is -0.268. The van der Waals surface area contributed by atoms with E-state index in [4.69, 9.17) is 4.42 Å². The number of nitrogens with zero attached hydrogens (tertiary/aromatic N) is 2. The smallest absolute Gasteiger partial charge is 0.421 e. The van der Waals surface area contributed by atoms with Crippen molar-refractivity contribution in [1.29, 1.82) is 0 Å². The van der Waals surface area contributed by atoms with Gasteiger partial charge >= 0.3 is 23.6 Å². The van der Waals surface area contributed by atoms with Crippen LogP contribution in [0.4, 0.5) is 27.6 Å². The molecule has 0 aromatic carbocycles. The molecule has 2 rings (SSSR count). The molecule has 0 spiro atoms. The number of halogens is 5. The molecule has 0 saturated heterocycles. The molecular formula is C14H9F5N2O3. The van der Waals surface area contributed by atoms with Gasteiger partial charge in [-0.15, -0.1) is 0 Å². The second-order valence-corrected chi connectivity index (χ2v) is 4.65. The van der Waals surface area contributed by atoms with Crippen molar-refractivity contribution >= 4 is 11.6 Å². The fourth-order valence-electron chi connectivity index (χ4n) is 1.76. The Morgan fingerprint density at radius 2 is 1.83 bits per heavy atom. The Bertz CT molecular complexity index is 802. The minimum atomic E-state index is -6.08. The van der Waals surface area contributed by atoms with E-state index in [9.17, 15) is 31.5 Å². The summed E-state index contributed by atoms with van der Waals surface area (Å²) in [5.74, 6) is -8.20. The van der Waals surface area contributed by atoms with Gasteiger partial charge in [0.15, 0.2) is 0 Å². The van der Waals surface area contributed by atoms with E-state index >= 15 is 0 Å². The van der Waals surface area contributed by atoms with E-state index in [1.54, 1.807) is 6.07 Å². The highest BCUT2D eigenvalue weighted by Gasteiger charge is 2.64. The van der Waals surface area contributed by atoms with Gasteiger partial charge in [-0.1, -0.05) is 0 Å². The molecule has 0 fully saturated rings. The summed E-state index contributed by atoms with van der Waals surface area (Å²) >= 11 is 0. The number of carbonyl (C=O) groups excluding carboxylic acids is 1. The maximum atomic E-state index is 13.1. The molecule has 0 aliphatic rings. The third-order valence-corrected chi connectivity index (χ3v) is 3.04. The van der Waals surface area contributed by atoms with Gasteiger partial charge < -0.3 is 9.32 Å². The van der Waals surface area contributed by atoms with Crippen LogP contribution in [-0.4, -0.2) is 30.0 Å². The normalized spacial score (nSPS) is 12.1. The van der Waals surface area contributed by atoms with Gasteiger partial charge in [0.25, 0.3) is 0 Å². The van der Waals surface area contributed by atoms with Gasteiger partial charge in [-0.05, 0) is 24.3 Å². The molecule has 0 N–H and O–H groups in total. The maximum Gasteiger partial charge on any atom is 0.463 e. The number of amides is 1. The fourth-order valence-corrected chi connectivity index (χ4v) is 1.76. The lowest BCUT2D eigenvalue weighted by Gasteiger charge is -2.24. The number of aromatic nitrogens is 1. The number of hydrogen-bond acceptors (Lipinski definition) is 4. The van der Waals surface area contributed by atoms with Gasteiger partial charge in [0.05, 0.1) is 0 Å². The highest BCUT2D eigenvalue weighted by Crippen LogP contribution is 2.37. The van der Waals surface area contributed by atoms with Crippen molar-refractivity contribution in [1.82, 2.24) is 4.98 Å². The predicted molar refractivity (Wildman–Crippen MR) is 72.6 cm³/mol. The summed E-state index contributed by atoms with van der Waals surface area (Å²) in [5, 5.41) is 0. The molecule has 2 aromatic rings. The van der Waals surface area contributed by atoms with E-state index in [0.717, 1.165) is 12.1 Å². The third kappa shape index (κ3) is 3.12. The summed E-state index contributed by atoms with van der Waals surface area (Å²) in [7, 11) is 0.623. The minimum Gasteiger partial charge on any atom is -0.421 e. The topological polar surface area (TPSA) is 63.4 Å². The average Bonchev–Trinajstić information content (AvgIpc) is 2.53. The largest absolute Gasteiger partial charge is 0.463 e. The molecule has 0 aliphatic carbocycles. The molecule has 0 aliphatic heterocycles. The number of alkyl halides is 5. The van der Waals surface area contributed by atoms with Crippen LogP contribution in [0.25, 0.3) is 11.3 Å². The van der Waals surface area contributed by atoms with Crippen LogP contribution in [0, 0.1) is 0 Å². The molecule has 24 heavy (non-hydrogen) atoms. The number of pyridine rings is 1. The first-order valence-corrected chi connectivity index (χ1v) is 6.33. The molecule has 0 unspecified atom stereocenters. The number of rotatable bonds is 3. The van der Waals surface area contributed by atoms with Gasteiger partial charge in [-0.2, -0.15) is 22.0 Å². The summed E-state index contributed by atoms with van der Waals surface area (Å²) in [6.07, 6.45) is -3.26. The molecule has 0 atom stereocenters. The first kappa shape index (κ1) is 17.6. The second kappa shape index (κ2) is 6.02. The van der Waals surface area contributed by atoms with E-state index in [2.05, 4.69) is 4.98 Å². The van der Waals surface area contributed by atoms with Crippen molar-refractivity contribution in [3.05, 3.63) is 47.1 Å². The Labute approximate surface area is 131 Å². The highest BCUT2D eigenvalue weighted by atomic mass is 19.4.